The summed E-state index contributed by atoms with van der Waals surface area (Å²) in [6.07, 6.45) is 14.5. The van der Waals surface area contributed by atoms with E-state index in [0.29, 0.717) is 149 Å². The van der Waals surface area contributed by atoms with Crippen LogP contribution in [0.5, 0.6) is 0 Å². The molecule has 11 aliphatic rings. The van der Waals surface area contributed by atoms with E-state index < -0.39 is 10.0 Å². The molecule has 10 heterocycles. The second-order valence-corrected chi connectivity index (χ2v) is 50.3. The topological polar surface area (TPSA) is 382 Å². The molecule has 9 unspecified atom stereocenters. The number of hydrogen-bond donors (Lipinski definition) is 9. The van der Waals surface area contributed by atoms with Crippen molar-refractivity contribution in [2.24, 2.45) is 17.8 Å². The van der Waals surface area contributed by atoms with E-state index in [1.54, 1.807) is 18.9 Å². The van der Waals surface area contributed by atoms with Crippen molar-refractivity contribution in [3.8, 4) is 6.07 Å². The second kappa shape index (κ2) is 65.7. The quantitative estimate of drug-likeness (QED) is 0.0338. The highest BCUT2D eigenvalue weighted by atomic mass is 32.2. The van der Waals surface area contributed by atoms with Crippen molar-refractivity contribution in [3.63, 3.8) is 0 Å². The first-order valence-electron chi connectivity index (χ1n) is 52.7. The van der Waals surface area contributed by atoms with Crippen molar-refractivity contribution in [1.82, 2.24) is 76.7 Å². The van der Waals surface area contributed by atoms with Gasteiger partial charge in [0, 0.05) is 214 Å². The molecule has 822 valence electrons. The van der Waals surface area contributed by atoms with E-state index in [0.717, 1.165) is 123 Å². The molecule has 10 saturated heterocycles. The third kappa shape index (κ3) is 65.6. The normalized spacial score (nSPS) is 23.8. The summed E-state index contributed by atoms with van der Waals surface area (Å²) in [5.41, 5.74) is 1.17. The zero-order valence-corrected chi connectivity index (χ0v) is 94.4. The predicted molar refractivity (Wildman–Crippen MR) is 559 cm³/mol. The standard InChI is InChI=1S/C13H24N2O3.C13H26N2O3.C13H24N2O2.C12H21N3O2.C12H24N2O3.C11H24N2O3S.C11H23NO.C10H21NO.C9H19NO/c1-13(2,3)14-6-11-7-15(4-5-18-11)12(16)10-8-17-9-10;1-13(2,3)14-6-5-11-9-15(7-8-18-11)12(16)10-17-4;1-13(2,3)14-8-11-9-15(6-7-17-11)12(16)10-4-5-10;1-12(2,3)14-8-10-9-15(6-7-17-10)11(16)4-5-13;1-12(2,3)13-7-10-8-14(5-6-17-10)11(15)9-16-4;1-5-17(14,15)13-6-7-16-10(9-13)8-12-11(2,3)4;1-11(2,3)12-8-7-10-6-4-5-9-13-10;1-10(2,3)11-7-9-5-4-6-12-8-9;1-9(2,3)10-7-8-5-4-6-11-8/h10-11,14H,4-9H2,1-3H3;11,14H,5-10H2,1-4H3;10-11,14H,4-9H2,1-3H3;10,14H,4,6-9H2,1-3H3;10,13H,5-9H2,1-4H3;10,12H,5-9H2,1-4H3;10,12H,4-9H2,1-3H3;9,11H,4-8H2,1-3H3;8,10H,4-7H2,1-3H3. The first kappa shape index (κ1) is 130. The molecule has 11 rings (SSSR count). The Bertz CT molecular complexity index is 3510. The highest BCUT2D eigenvalue weighted by molar-refractivity contribution is 7.89. The van der Waals surface area contributed by atoms with E-state index >= 15 is 0 Å². The Balaban J connectivity index is 0.000000407. The van der Waals surface area contributed by atoms with Crippen LogP contribution in [0.1, 0.15) is 271 Å². The van der Waals surface area contributed by atoms with Gasteiger partial charge >= 0.3 is 0 Å². The van der Waals surface area contributed by atoms with Crippen LogP contribution in [0.25, 0.3) is 0 Å². The van der Waals surface area contributed by atoms with Gasteiger partial charge in [0.1, 0.15) is 19.6 Å². The molecule has 36 heteroatoms. The summed E-state index contributed by atoms with van der Waals surface area (Å²) in [5, 5.41) is 39.3. The molecule has 0 aromatic rings. The SMILES string of the molecule is CC(C)(C)NCC1CCCO1.CC(C)(C)NCC1CCCOC1.CC(C)(C)NCC1CN(C(=O)C2CC2)CCO1.CC(C)(C)NCC1CN(C(=O)C2COC2)CCO1.CC(C)(C)NCC1CN(C(=O)CC#N)CCO1.CC(C)(C)NCCC1CCCCO1.CCS(=O)(=O)N1CCOC(CNC(C)(C)C)C1.COCC(=O)N1CCOC(CCNC(C)(C)C)C1.COCC(=O)N1CCOC(CNC(C)(C)C)C1. The minimum absolute atomic E-state index is 0.0191. The molecule has 10 aliphatic heterocycles. The van der Waals surface area contributed by atoms with Gasteiger partial charge in [0.15, 0.2) is 0 Å². The molecule has 0 spiro atoms. The van der Waals surface area contributed by atoms with E-state index in [4.69, 9.17) is 62.1 Å². The number of morpholine rings is 6. The summed E-state index contributed by atoms with van der Waals surface area (Å²) in [4.78, 5) is 68.3. The maximum atomic E-state index is 12.1. The molecule has 5 amide bonds. The lowest BCUT2D eigenvalue weighted by molar-refractivity contribution is -0.156. The lowest BCUT2D eigenvalue weighted by Crippen LogP contribution is -2.54. The number of hydrogen-bond acceptors (Lipinski definition) is 29. The van der Waals surface area contributed by atoms with Crippen LogP contribution in [0.15, 0.2) is 0 Å². The van der Waals surface area contributed by atoms with E-state index in [9.17, 15) is 32.4 Å². The summed E-state index contributed by atoms with van der Waals surface area (Å²) < 4.78 is 90.3. The average Bonchev–Trinajstić information content (AvgIpc) is 1.51. The molecule has 9 atom stereocenters. The summed E-state index contributed by atoms with van der Waals surface area (Å²) in [6, 6.07) is 1.89. The molecule has 1 saturated carbocycles. The molecule has 0 aromatic heterocycles. The van der Waals surface area contributed by atoms with Crippen LogP contribution in [0.3, 0.4) is 0 Å². The molecule has 0 radical (unpaired) electrons. The fourth-order valence-corrected chi connectivity index (χ4v) is 16.5. The van der Waals surface area contributed by atoms with Crippen LogP contribution in [0.2, 0.25) is 0 Å². The summed E-state index contributed by atoms with van der Waals surface area (Å²) >= 11 is 0. The van der Waals surface area contributed by atoms with Crippen molar-refractivity contribution in [1.29, 1.82) is 5.26 Å². The number of nitrogens with zero attached hydrogens (tertiary/aromatic N) is 7. The average molecular weight is 2020 g/mol. The molecular formula is C104H206N16O19S. The third-order valence-corrected chi connectivity index (χ3v) is 25.6. The van der Waals surface area contributed by atoms with Gasteiger partial charge in [-0.1, -0.05) is 0 Å². The lowest BCUT2D eigenvalue weighted by Gasteiger charge is -2.38. The number of methoxy groups -OCH3 is 2. The molecular weight excluding hydrogens is 1810 g/mol. The summed E-state index contributed by atoms with van der Waals surface area (Å²) in [7, 11) is 0.00100. The second-order valence-electron chi connectivity index (χ2n) is 48.1. The Morgan fingerprint density at radius 2 is 0.643 bits per heavy atom. The zero-order chi connectivity index (χ0) is 105. The number of nitriles is 1. The van der Waals surface area contributed by atoms with Gasteiger partial charge in [-0.2, -0.15) is 9.57 Å². The zero-order valence-electron chi connectivity index (χ0n) is 93.6. The summed E-state index contributed by atoms with van der Waals surface area (Å²) in [6.45, 7) is 83.9. The number of carbonyl (C=O) groups is 5. The predicted octanol–water partition coefficient (Wildman–Crippen LogP) is 8.78. The van der Waals surface area contributed by atoms with Crippen molar-refractivity contribution in [2.75, 3.05) is 250 Å². The van der Waals surface area contributed by atoms with Crippen LogP contribution in [0, 0.1) is 29.1 Å². The Hall–Kier alpha value is -4.09. The molecule has 0 aromatic carbocycles. The Labute approximate surface area is 849 Å². The van der Waals surface area contributed by atoms with Gasteiger partial charge in [-0.05, 0) is 284 Å². The number of rotatable bonds is 29. The highest BCUT2D eigenvalue weighted by Gasteiger charge is 2.38. The van der Waals surface area contributed by atoms with Gasteiger partial charge in [0.25, 0.3) is 0 Å². The number of carbonyl (C=O) groups excluding carboxylic acids is 5. The first-order chi connectivity index (χ1) is 65.2. The van der Waals surface area contributed by atoms with Gasteiger partial charge < -0.3 is 129 Å². The van der Waals surface area contributed by atoms with Crippen LogP contribution in [-0.2, 0) is 90.8 Å². The molecule has 9 N–H and O–H groups in total. The molecule has 11 fully saturated rings. The van der Waals surface area contributed by atoms with Crippen molar-refractivity contribution in [3.05, 3.63) is 0 Å². The van der Waals surface area contributed by atoms with Crippen LogP contribution >= 0.6 is 0 Å². The van der Waals surface area contributed by atoms with E-state index in [1.807, 2.05) is 25.7 Å². The molecule has 35 nitrogen and oxygen atoms in total. The number of amides is 5. The number of ether oxygens (including phenoxy) is 12. The fraction of sp³-hybridized carbons (Fsp3) is 0.942. The van der Waals surface area contributed by atoms with Crippen molar-refractivity contribution in [2.45, 2.75) is 370 Å². The van der Waals surface area contributed by atoms with Gasteiger partial charge in [-0.25, -0.2) is 8.42 Å². The minimum Gasteiger partial charge on any atom is -0.381 e. The molecule has 140 heavy (non-hydrogen) atoms. The van der Waals surface area contributed by atoms with Gasteiger partial charge in [0.2, 0.25) is 39.6 Å². The minimum atomic E-state index is -3.08. The molecule has 1 aliphatic carbocycles. The Morgan fingerprint density at radius 3 is 0.979 bits per heavy atom. The third-order valence-electron chi connectivity index (χ3n) is 23.8. The van der Waals surface area contributed by atoms with Crippen molar-refractivity contribution < 1.29 is 89.2 Å². The van der Waals surface area contributed by atoms with E-state index in [-0.39, 0.29) is 141 Å². The van der Waals surface area contributed by atoms with Crippen LogP contribution in [-0.4, -0.2) is 415 Å². The Morgan fingerprint density at radius 1 is 0.329 bits per heavy atom. The fourth-order valence-electron chi connectivity index (χ4n) is 15.4. The number of sulfonamides is 1. The van der Waals surface area contributed by atoms with E-state index in [2.05, 4.69) is 235 Å². The van der Waals surface area contributed by atoms with Gasteiger partial charge in [-0.3, -0.25) is 24.0 Å². The van der Waals surface area contributed by atoms with Crippen LogP contribution in [0.4, 0.5) is 0 Å². The summed E-state index contributed by atoms with van der Waals surface area (Å²) in [5.74, 6) is 1.86. The molecule has 0 bridgehead atoms. The first-order valence-corrected chi connectivity index (χ1v) is 54.3. The number of nitrogens with one attached hydrogen (secondary N) is 9. The largest absolute Gasteiger partial charge is 0.381 e. The maximum Gasteiger partial charge on any atom is 0.248 e. The van der Waals surface area contributed by atoms with Gasteiger partial charge in [0.05, 0.1) is 126 Å². The van der Waals surface area contributed by atoms with E-state index in [1.165, 1.54) is 56.4 Å². The highest BCUT2D eigenvalue weighted by Crippen LogP contribution is 2.32. The maximum absolute atomic E-state index is 12.1. The monoisotopic (exact) mass is 2020 g/mol. The lowest BCUT2D eigenvalue weighted by atomic mass is 10.0. The van der Waals surface area contributed by atoms with Crippen molar-refractivity contribution >= 4 is 39.6 Å². The van der Waals surface area contributed by atoms with Gasteiger partial charge in [-0.15, -0.1) is 0 Å². The Kier molecular flexibility index (Phi) is 61.0. The smallest absolute Gasteiger partial charge is 0.248 e. The van der Waals surface area contributed by atoms with Crippen LogP contribution < -0.4 is 47.9 Å².